The van der Waals surface area contributed by atoms with Crippen molar-refractivity contribution in [2.75, 3.05) is 26.2 Å². The van der Waals surface area contributed by atoms with E-state index in [2.05, 4.69) is 12.2 Å². The number of halogens is 1. The van der Waals surface area contributed by atoms with Gasteiger partial charge in [0.25, 0.3) is 5.91 Å². The normalized spacial score (nSPS) is 30.7. The van der Waals surface area contributed by atoms with Crippen molar-refractivity contribution >= 4 is 18.3 Å². The molecule has 0 radical (unpaired) electrons. The van der Waals surface area contributed by atoms with Crippen molar-refractivity contribution in [1.82, 2.24) is 10.2 Å². The molecule has 94 valence electrons. The second kappa shape index (κ2) is 6.42. The molecule has 1 N–H and O–H groups in total. The minimum Gasteiger partial charge on any atom is -0.366 e. The lowest BCUT2D eigenvalue weighted by molar-refractivity contribution is -0.148. The first kappa shape index (κ1) is 13.7. The molecule has 2 atom stereocenters. The Morgan fingerprint density at radius 3 is 2.88 bits per heavy atom. The molecule has 0 aromatic rings. The predicted molar refractivity (Wildman–Crippen MR) is 64.9 cm³/mol. The van der Waals surface area contributed by atoms with Gasteiger partial charge in [-0.3, -0.25) is 4.79 Å². The van der Waals surface area contributed by atoms with Gasteiger partial charge in [-0.15, -0.1) is 12.4 Å². The number of piperidine rings is 1. The molecule has 2 heterocycles. The molecule has 0 aromatic heterocycles. The number of hydrogen-bond donors (Lipinski definition) is 1. The van der Waals surface area contributed by atoms with E-state index in [9.17, 15) is 4.79 Å². The Hall–Kier alpha value is -0.320. The van der Waals surface area contributed by atoms with E-state index >= 15 is 0 Å². The van der Waals surface area contributed by atoms with E-state index in [1.165, 1.54) is 6.42 Å². The van der Waals surface area contributed by atoms with Gasteiger partial charge < -0.3 is 15.0 Å². The molecule has 0 bridgehead atoms. The monoisotopic (exact) mass is 248 g/mol. The summed E-state index contributed by atoms with van der Waals surface area (Å²) in [6.45, 7) is 5.22. The first-order valence-corrected chi connectivity index (χ1v) is 5.92. The lowest BCUT2D eigenvalue weighted by Gasteiger charge is -2.36. The molecule has 4 nitrogen and oxygen atoms in total. The Balaban J connectivity index is 0.00000128. The molecule has 1 amide bonds. The summed E-state index contributed by atoms with van der Waals surface area (Å²) < 4.78 is 5.49. The van der Waals surface area contributed by atoms with E-state index < -0.39 is 0 Å². The molecule has 0 aromatic carbocycles. The van der Waals surface area contributed by atoms with Gasteiger partial charge in [-0.2, -0.15) is 0 Å². The van der Waals surface area contributed by atoms with Gasteiger partial charge in [0.1, 0.15) is 6.10 Å². The van der Waals surface area contributed by atoms with Crippen LogP contribution in [0.25, 0.3) is 0 Å². The predicted octanol–water partition coefficient (Wildman–Crippen LogP) is 0.798. The Bertz CT molecular complexity index is 232. The smallest absolute Gasteiger partial charge is 0.253 e. The van der Waals surface area contributed by atoms with Crippen molar-refractivity contribution in [2.45, 2.75) is 38.3 Å². The first-order chi connectivity index (χ1) is 7.29. The summed E-state index contributed by atoms with van der Waals surface area (Å²) in [4.78, 5) is 14.1. The highest BCUT2D eigenvalue weighted by molar-refractivity contribution is 5.85. The molecule has 0 saturated carbocycles. The largest absolute Gasteiger partial charge is 0.366 e. The fraction of sp³-hybridized carbons (Fsp3) is 0.909. The molecule has 2 rings (SSSR count). The maximum atomic E-state index is 12.1. The fourth-order valence-corrected chi connectivity index (χ4v) is 2.33. The number of nitrogens with zero attached hydrogens (tertiary/aromatic N) is 1. The minimum atomic E-state index is -0.251. The van der Waals surface area contributed by atoms with Crippen LogP contribution in [-0.4, -0.2) is 49.2 Å². The highest BCUT2D eigenvalue weighted by Gasteiger charge is 2.30. The van der Waals surface area contributed by atoms with E-state index in [-0.39, 0.29) is 24.4 Å². The molecule has 2 aliphatic rings. The maximum Gasteiger partial charge on any atom is 0.253 e. The Morgan fingerprint density at radius 2 is 2.25 bits per heavy atom. The summed E-state index contributed by atoms with van der Waals surface area (Å²) in [7, 11) is 0. The van der Waals surface area contributed by atoms with Crippen molar-refractivity contribution in [1.29, 1.82) is 0 Å². The average molecular weight is 249 g/mol. The van der Waals surface area contributed by atoms with E-state index in [1.807, 2.05) is 4.90 Å². The highest BCUT2D eigenvalue weighted by Crippen LogP contribution is 2.18. The lowest BCUT2D eigenvalue weighted by Crippen LogP contribution is -2.53. The number of nitrogens with one attached hydrogen (secondary N) is 1. The zero-order valence-electron chi connectivity index (χ0n) is 9.78. The Labute approximate surface area is 103 Å². The van der Waals surface area contributed by atoms with Crippen LogP contribution in [0.2, 0.25) is 0 Å². The number of hydrogen-bond acceptors (Lipinski definition) is 3. The third-order valence-corrected chi connectivity index (χ3v) is 3.29. The van der Waals surface area contributed by atoms with Crippen LogP contribution in [0, 0.1) is 0 Å². The Morgan fingerprint density at radius 1 is 1.44 bits per heavy atom. The van der Waals surface area contributed by atoms with Gasteiger partial charge in [0.05, 0.1) is 6.61 Å². The molecular weight excluding hydrogens is 228 g/mol. The van der Waals surface area contributed by atoms with Crippen LogP contribution in [0.15, 0.2) is 0 Å². The summed E-state index contributed by atoms with van der Waals surface area (Å²) in [5.41, 5.74) is 0. The summed E-state index contributed by atoms with van der Waals surface area (Å²) in [6, 6.07) is 0.386. The number of rotatable bonds is 1. The van der Waals surface area contributed by atoms with Crippen LogP contribution in [-0.2, 0) is 9.53 Å². The van der Waals surface area contributed by atoms with Crippen molar-refractivity contribution in [2.24, 2.45) is 0 Å². The number of morpholine rings is 1. The van der Waals surface area contributed by atoms with Crippen LogP contribution in [0.5, 0.6) is 0 Å². The van der Waals surface area contributed by atoms with E-state index in [1.54, 1.807) is 0 Å². The van der Waals surface area contributed by atoms with Crippen LogP contribution in [0.1, 0.15) is 26.2 Å². The van der Waals surface area contributed by atoms with Crippen molar-refractivity contribution in [3.05, 3.63) is 0 Å². The third-order valence-electron chi connectivity index (χ3n) is 3.29. The summed E-state index contributed by atoms with van der Waals surface area (Å²) >= 11 is 0. The van der Waals surface area contributed by atoms with E-state index in [4.69, 9.17) is 4.74 Å². The number of carbonyl (C=O) groups excluding carboxylic acids is 1. The molecule has 1 unspecified atom stereocenters. The molecule has 2 fully saturated rings. The van der Waals surface area contributed by atoms with Gasteiger partial charge in [0.2, 0.25) is 0 Å². The number of carbonyl (C=O) groups is 1. The standard InChI is InChI=1S/C11H20N2O2.ClH/c1-9-4-2-3-6-13(9)11(14)10-8-12-5-7-15-10;/h9-10,12H,2-8H2,1H3;1H/t9?,10-;/m1./s1. The molecular formula is C11H21ClN2O2. The van der Waals surface area contributed by atoms with Crippen molar-refractivity contribution in [3.8, 4) is 0 Å². The Kier molecular flexibility index (Phi) is 5.52. The van der Waals surface area contributed by atoms with Gasteiger partial charge in [-0.25, -0.2) is 0 Å². The molecule has 2 saturated heterocycles. The van der Waals surface area contributed by atoms with Crippen molar-refractivity contribution in [3.63, 3.8) is 0 Å². The lowest BCUT2D eigenvalue weighted by atomic mass is 10.0. The summed E-state index contributed by atoms with van der Waals surface area (Å²) in [5, 5.41) is 3.20. The first-order valence-electron chi connectivity index (χ1n) is 5.92. The second-order valence-electron chi connectivity index (χ2n) is 4.44. The van der Waals surface area contributed by atoms with Crippen molar-refractivity contribution < 1.29 is 9.53 Å². The van der Waals surface area contributed by atoms with E-state index in [0.717, 1.165) is 25.9 Å². The molecule has 2 aliphatic heterocycles. The van der Waals surface area contributed by atoms with Gasteiger partial charge >= 0.3 is 0 Å². The van der Waals surface area contributed by atoms with Crippen LogP contribution in [0.4, 0.5) is 0 Å². The minimum absolute atomic E-state index is 0. The third kappa shape index (κ3) is 3.09. The number of amides is 1. The SMILES string of the molecule is CC1CCCCN1C(=O)[C@H]1CNCCO1.Cl. The van der Waals surface area contributed by atoms with Gasteiger partial charge in [0.15, 0.2) is 0 Å². The molecule has 0 aliphatic carbocycles. The topological polar surface area (TPSA) is 41.6 Å². The number of ether oxygens (including phenoxy) is 1. The molecule has 16 heavy (non-hydrogen) atoms. The second-order valence-corrected chi connectivity index (χ2v) is 4.44. The van der Waals surface area contributed by atoms with Gasteiger partial charge in [0, 0.05) is 25.7 Å². The zero-order chi connectivity index (χ0) is 10.7. The molecule has 5 heteroatoms. The van der Waals surface area contributed by atoms with Crippen LogP contribution < -0.4 is 5.32 Å². The summed E-state index contributed by atoms with van der Waals surface area (Å²) in [5.74, 6) is 0.175. The summed E-state index contributed by atoms with van der Waals surface area (Å²) in [6.07, 6.45) is 3.26. The quantitative estimate of drug-likeness (QED) is 0.746. The maximum absolute atomic E-state index is 12.1. The van der Waals surface area contributed by atoms with Gasteiger partial charge in [-0.1, -0.05) is 0 Å². The van der Waals surface area contributed by atoms with Crippen LogP contribution >= 0.6 is 12.4 Å². The highest BCUT2D eigenvalue weighted by atomic mass is 35.5. The van der Waals surface area contributed by atoms with Gasteiger partial charge in [-0.05, 0) is 26.2 Å². The molecule has 0 spiro atoms. The zero-order valence-corrected chi connectivity index (χ0v) is 10.6. The fourth-order valence-electron chi connectivity index (χ4n) is 2.33. The van der Waals surface area contributed by atoms with Crippen LogP contribution in [0.3, 0.4) is 0 Å². The average Bonchev–Trinajstić information content (AvgIpc) is 2.30. The van der Waals surface area contributed by atoms with E-state index in [0.29, 0.717) is 19.2 Å². The number of likely N-dealkylation sites (tertiary alicyclic amines) is 1.